The van der Waals surface area contributed by atoms with E-state index in [0.717, 1.165) is 0 Å². The van der Waals surface area contributed by atoms with Crippen LogP contribution in [0.15, 0.2) is 36.9 Å². The van der Waals surface area contributed by atoms with Gasteiger partial charge < -0.3 is 25.8 Å². The highest BCUT2D eigenvalue weighted by molar-refractivity contribution is 5.88. The molecule has 0 aliphatic rings. The van der Waals surface area contributed by atoms with Crippen molar-refractivity contribution in [2.24, 2.45) is 0 Å². The van der Waals surface area contributed by atoms with Crippen LogP contribution in [0, 0.1) is 0 Å². The van der Waals surface area contributed by atoms with Gasteiger partial charge in [0.05, 0.1) is 12.9 Å². The van der Waals surface area contributed by atoms with Crippen molar-refractivity contribution < 1.29 is 19.8 Å². The van der Waals surface area contributed by atoms with Crippen molar-refractivity contribution in [3.05, 3.63) is 42.5 Å². The van der Waals surface area contributed by atoms with Crippen LogP contribution in [-0.4, -0.2) is 54.6 Å². The first kappa shape index (κ1) is 17.1. The van der Waals surface area contributed by atoms with Gasteiger partial charge in [-0.2, -0.15) is 0 Å². The van der Waals surface area contributed by atoms with Gasteiger partial charge in [0.1, 0.15) is 23.6 Å². The summed E-state index contributed by atoms with van der Waals surface area (Å²) < 4.78 is 0. The summed E-state index contributed by atoms with van der Waals surface area (Å²) in [6.07, 6.45) is 2.87. The molecule has 2 aromatic heterocycles. The predicted molar refractivity (Wildman–Crippen MR) is 91.6 cm³/mol. The molecule has 1 amide bonds. The van der Waals surface area contributed by atoms with Gasteiger partial charge in [-0.05, 0) is 17.7 Å². The third kappa shape index (κ3) is 4.04. The van der Waals surface area contributed by atoms with Crippen LogP contribution in [0.1, 0.15) is 5.56 Å². The van der Waals surface area contributed by atoms with Crippen LogP contribution in [0.25, 0.3) is 11.2 Å². The Bertz CT molecular complexity index is 924. The Balaban J connectivity index is 1.60. The normalized spacial score (nSPS) is 11.8. The number of aliphatic carboxylic acids is 1. The van der Waals surface area contributed by atoms with Crippen LogP contribution < -0.4 is 10.6 Å². The molecule has 3 rings (SSSR count). The first-order valence-electron chi connectivity index (χ1n) is 7.71. The first-order chi connectivity index (χ1) is 12.5. The molecule has 3 aromatic rings. The minimum atomic E-state index is -1.15. The highest BCUT2D eigenvalue weighted by Gasteiger charge is 2.20. The van der Waals surface area contributed by atoms with Gasteiger partial charge in [-0.25, -0.2) is 19.7 Å². The van der Waals surface area contributed by atoms with Crippen LogP contribution in [0.3, 0.4) is 0 Å². The Morgan fingerprint density at radius 3 is 2.65 bits per heavy atom. The van der Waals surface area contributed by atoms with E-state index in [0.29, 0.717) is 22.5 Å². The van der Waals surface area contributed by atoms with Gasteiger partial charge in [-0.1, -0.05) is 12.1 Å². The minimum absolute atomic E-state index is 0.0869. The molecule has 0 bridgehead atoms. The quantitative estimate of drug-likeness (QED) is 0.405. The summed E-state index contributed by atoms with van der Waals surface area (Å²) in [5, 5.41) is 23.9. The van der Waals surface area contributed by atoms with Crippen LogP contribution in [-0.2, 0) is 16.0 Å². The van der Waals surface area contributed by atoms with Crippen molar-refractivity contribution in [2.75, 3.05) is 11.9 Å². The molecule has 0 saturated heterocycles. The van der Waals surface area contributed by atoms with Crippen molar-refractivity contribution in [1.82, 2.24) is 25.3 Å². The Morgan fingerprint density at radius 1 is 1.15 bits per heavy atom. The zero-order valence-electron chi connectivity index (χ0n) is 13.5. The third-order valence-corrected chi connectivity index (χ3v) is 3.65. The summed E-state index contributed by atoms with van der Waals surface area (Å²) in [5.74, 6) is -1.16. The molecule has 0 aliphatic carbocycles. The lowest BCUT2D eigenvalue weighted by atomic mass is 10.1. The van der Waals surface area contributed by atoms with E-state index in [1.807, 2.05) is 0 Å². The number of aromatic hydroxyl groups is 1. The number of carbonyl (C=O) groups is 2. The molecule has 5 N–H and O–H groups in total. The molecule has 26 heavy (non-hydrogen) atoms. The molecule has 0 spiro atoms. The molecule has 10 heteroatoms. The topological polar surface area (TPSA) is 153 Å². The second-order valence-electron chi connectivity index (χ2n) is 5.51. The van der Waals surface area contributed by atoms with E-state index in [-0.39, 0.29) is 18.7 Å². The van der Waals surface area contributed by atoms with Gasteiger partial charge in [0.25, 0.3) is 0 Å². The summed E-state index contributed by atoms with van der Waals surface area (Å²) in [6.45, 7) is -0.162. The number of phenolic OH excluding ortho intramolecular Hbond substituents is 1. The molecule has 0 unspecified atom stereocenters. The average Bonchev–Trinajstić information content (AvgIpc) is 3.10. The number of amides is 1. The largest absolute Gasteiger partial charge is 0.508 e. The standard InChI is InChI=1S/C16H16N6O4/c23-10-3-1-9(2-4-10)5-11(16(25)26)22-12(24)6-17-14-13-15(19-7-18-13)21-8-20-14/h1-4,7-8,11,23H,5-6H2,(H,22,24)(H,25,26)(H2,17,18,19,20,21)/t11-/m0/s1. The number of aromatic amines is 1. The molecule has 1 atom stereocenters. The Hall–Kier alpha value is -3.69. The van der Waals surface area contributed by atoms with Crippen molar-refractivity contribution in [3.8, 4) is 5.75 Å². The number of hydrogen-bond donors (Lipinski definition) is 5. The number of rotatable bonds is 7. The maximum Gasteiger partial charge on any atom is 0.326 e. The van der Waals surface area contributed by atoms with Crippen LogP contribution in [0.4, 0.5) is 5.82 Å². The average molecular weight is 356 g/mol. The number of imidazole rings is 1. The van der Waals surface area contributed by atoms with Gasteiger partial charge in [0, 0.05) is 6.42 Å². The fourth-order valence-electron chi connectivity index (χ4n) is 2.38. The van der Waals surface area contributed by atoms with Gasteiger partial charge >= 0.3 is 5.97 Å². The Morgan fingerprint density at radius 2 is 1.92 bits per heavy atom. The number of carboxylic acid groups (broad SMARTS) is 1. The predicted octanol–water partition coefficient (Wildman–Crippen LogP) is 0.282. The van der Waals surface area contributed by atoms with Gasteiger partial charge in [0.15, 0.2) is 11.5 Å². The molecule has 10 nitrogen and oxygen atoms in total. The summed E-state index contributed by atoms with van der Waals surface area (Å²) >= 11 is 0. The number of fused-ring (bicyclic) bond motifs is 1. The van der Waals surface area contributed by atoms with Gasteiger partial charge in [-0.15, -0.1) is 0 Å². The zero-order chi connectivity index (χ0) is 18.5. The van der Waals surface area contributed by atoms with Crippen LogP contribution in [0.5, 0.6) is 5.75 Å². The number of anilines is 1. The number of nitrogens with zero attached hydrogens (tertiary/aromatic N) is 3. The third-order valence-electron chi connectivity index (χ3n) is 3.65. The highest BCUT2D eigenvalue weighted by Crippen LogP contribution is 2.14. The summed E-state index contributed by atoms with van der Waals surface area (Å²) in [7, 11) is 0. The van der Waals surface area contributed by atoms with E-state index in [4.69, 9.17) is 0 Å². The molecule has 0 radical (unpaired) electrons. The Labute approximate surface area is 147 Å². The summed E-state index contributed by atoms with van der Waals surface area (Å²) in [4.78, 5) is 38.3. The Kier molecular flexibility index (Phi) is 4.92. The second-order valence-corrected chi connectivity index (χ2v) is 5.51. The first-order valence-corrected chi connectivity index (χ1v) is 7.71. The fraction of sp³-hybridized carbons (Fsp3) is 0.188. The lowest BCUT2D eigenvalue weighted by Gasteiger charge is -2.15. The van der Waals surface area contributed by atoms with E-state index in [1.54, 1.807) is 12.1 Å². The van der Waals surface area contributed by atoms with Crippen LogP contribution in [0.2, 0.25) is 0 Å². The minimum Gasteiger partial charge on any atom is -0.508 e. The maximum absolute atomic E-state index is 12.1. The number of nitrogens with one attached hydrogen (secondary N) is 3. The SMILES string of the molecule is O=C(CNc1ncnc2nc[nH]c12)N[C@@H](Cc1ccc(O)cc1)C(=O)O. The maximum atomic E-state index is 12.1. The van der Waals surface area contributed by atoms with E-state index < -0.39 is 17.9 Å². The molecular weight excluding hydrogens is 340 g/mol. The lowest BCUT2D eigenvalue weighted by Crippen LogP contribution is -2.44. The fourth-order valence-corrected chi connectivity index (χ4v) is 2.38. The van der Waals surface area contributed by atoms with Crippen molar-refractivity contribution in [2.45, 2.75) is 12.5 Å². The lowest BCUT2D eigenvalue weighted by molar-refractivity contribution is -0.141. The molecule has 2 heterocycles. The second kappa shape index (κ2) is 7.47. The van der Waals surface area contributed by atoms with E-state index in [1.165, 1.54) is 24.8 Å². The molecule has 0 fully saturated rings. The molecule has 0 aliphatic heterocycles. The summed E-state index contributed by atoms with van der Waals surface area (Å²) in [6, 6.07) is 5.04. The van der Waals surface area contributed by atoms with E-state index in [9.17, 15) is 19.8 Å². The molecule has 0 saturated carbocycles. The summed E-state index contributed by atoms with van der Waals surface area (Å²) in [5.41, 5.74) is 1.69. The number of phenols is 1. The van der Waals surface area contributed by atoms with Crippen molar-refractivity contribution in [3.63, 3.8) is 0 Å². The van der Waals surface area contributed by atoms with Crippen molar-refractivity contribution in [1.29, 1.82) is 0 Å². The number of H-pyrrole nitrogens is 1. The molecule has 1 aromatic carbocycles. The number of carboxylic acids is 1. The number of benzene rings is 1. The van der Waals surface area contributed by atoms with Gasteiger partial charge in [-0.3, -0.25) is 4.79 Å². The molecule has 134 valence electrons. The monoisotopic (exact) mass is 356 g/mol. The van der Waals surface area contributed by atoms with E-state index >= 15 is 0 Å². The number of carbonyl (C=O) groups excluding carboxylic acids is 1. The smallest absolute Gasteiger partial charge is 0.326 e. The zero-order valence-corrected chi connectivity index (χ0v) is 13.5. The van der Waals surface area contributed by atoms with Crippen LogP contribution >= 0.6 is 0 Å². The van der Waals surface area contributed by atoms with E-state index in [2.05, 4.69) is 30.6 Å². The number of aromatic nitrogens is 4. The molecular formula is C16H16N6O4. The highest BCUT2D eigenvalue weighted by atomic mass is 16.4. The van der Waals surface area contributed by atoms with Gasteiger partial charge in [0.2, 0.25) is 5.91 Å². The number of hydrogen-bond acceptors (Lipinski definition) is 7. The van der Waals surface area contributed by atoms with Crippen molar-refractivity contribution >= 4 is 28.9 Å².